The molecule has 0 bridgehead atoms. The second kappa shape index (κ2) is 10.3. The molecule has 1 aliphatic rings. The van der Waals surface area contributed by atoms with Gasteiger partial charge in [-0.25, -0.2) is 13.1 Å². The van der Waals surface area contributed by atoms with Gasteiger partial charge in [0, 0.05) is 28.5 Å². The Morgan fingerprint density at radius 2 is 1.79 bits per heavy atom. The monoisotopic (exact) mass is 552 g/mol. The summed E-state index contributed by atoms with van der Waals surface area (Å²) >= 11 is 9.23. The Hall–Kier alpha value is -2.40. The lowest BCUT2D eigenvalue weighted by molar-refractivity contribution is -0.120. The van der Waals surface area contributed by atoms with Crippen LogP contribution in [-0.4, -0.2) is 41.5 Å². The van der Waals surface area contributed by atoms with Gasteiger partial charge in [-0.15, -0.1) is 0 Å². The topological polar surface area (TPSA) is 93.5 Å². The predicted octanol–water partition coefficient (Wildman–Crippen LogP) is 4.37. The van der Waals surface area contributed by atoms with E-state index >= 15 is 0 Å². The summed E-state index contributed by atoms with van der Waals surface area (Å²) in [6, 6.07) is 13.6. The molecule has 1 aromatic heterocycles. The number of benzene rings is 2. The van der Waals surface area contributed by atoms with Crippen LogP contribution >= 0.6 is 27.5 Å². The zero-order chi connectivity index (χ0) is 23.4. The van der Waals surface area contributed by atoms with Crippen LogP contribution in [0.2, 0.25) is 5.02 Å². The molecule has 0 saturated carbocycles. The number of rotatable bonds is 7. The molecule has 2 heterocycles. The number of anilines is 1. The number of ether oxygens (including phenoxy) is 1. The Bertz CT molecular complexity index is 1210. The summed E-state index contributed by atoms with van der Waals surface area (Å²) in [4.78, 5) is 12.9. The van der Waals surface area contributed by atoms with Crippen molar-refractivity contribution in [3.8, 4) is 5.75 Å². The molecule has 33 heavy (non-hydrogen) atoms. The molecule has 3 aromatic rings. The maximum Gasteiger partial charge on any atom is 0.243 e. The van der Waals surface area contributed by atoms with E-state index in [1.54, 1.807) is 29.2 Å². The molecule has 8 nitrogen and oxygen atoms in total. The van der Waals surface area contributed by atoms with E-state index in [4.69, 9.17) is 16.3 Å². The number of aromatic nitrogens is 2. The summed E-state index contributed by atoms with van der Waals surface area (Å²) in [5, 5.41) is 7.54. The van der Waals surface area contributed by atoms with E-state index in [0.29, 0.717) is 29.3 Å². The van der Waals surface area contributed by atoms with Crippen LogP contribution in [0.5, 0.6) is 5.75 Å². The minimum atomic E-state index is -3.60. The molecule has 0 unspecified atom stereocenters. The summed E-state index contributed by atoms with van der Waals surface area (Å²) < 4.78 is 35.2. The average molecular weight is 554 g/mol. The van der Waals surface area contributed by atoms with E-state index in [9.17, 15) is 13.2 Å². The highest BCUT2D eigenvalue weighted by Crippen LogP contribution is 2.25. The third-order valence-electron chi connectivity index (χ3n) is 5.35. The van der Waals surface area contributed by atoms with E-state index < -0.39 is 10.0 Å². The first-order valence-corrected chi connectivity index (χ1v) is 12.9. The largest absolute Gasteiger partial charge is 0.471 e. The SMILES string of the molecule is O=C(Nc1cnn(COc2ccc(Br)cc2)c1)C1CCN(S(=O)(=O)c2ccc(Cl)cc2)CC1. The molecule has 4 rings (SSSR count). The molecule has 1 N–H and O–H groups in total. The smallest absolute Gasteiger partial charge is 0.243 e. The van der Waals surface area contributed by atoms with Crippen LogP contribution in [0, 0.1) is 5.92 Å². The van der Waals surface area contributed by atoms with Gasteiger partial charge in [-0.1, -0.05) is 27.5 Å². The number of piperidine rings is 1. The van der Waals surface area contributed by atoms with Crippen LogP contribution in [0.15, 0.2) is 70.3 Å². The Morgan fingerprint density at radius 3 is 2.45 bits per heavy atom. The van der Waals surface area contributed by atoms with Crippen molar-refractivity contribution >= 4 is 49.1 Å². The van der Waals surface area contributed by atoms with Crippen molar-refractivity contribution in [3.63, 3.8) is 0 Å². The third-order valence-corrected chi connectivity index (χ3v) is 8.05. The van der Waals surface area contributed by atoms with Crippen LogP contribution in [-0.2, 0) is 21.5 Å². The second-order valence-electron chi connectivity index (χ2n) is 7.62. The maximum absolute atomic E-state index is 12.8. The number of halogens is 2. The normalized spacial score (nSPS) is 15.3. The number of amides is 1. The first-order chi connectivity index (χ1) is 15.8. The van der Waals surface area contributed by atoms with Gasteiger partial charge in [0.15, 0.2) is 6.73 Å². The van der Waals surface area contributed by atoms with Crippen molar-refractivity contribution in [2.75, 3.05) is 18.4 Å². The molecule has 1 aliphatic heterocycles. The molecular weight excluding hydrogens is 532 g/mol. The Morgan fingerprint density at radius 1 is 1.12 bits per heavy atom. The van der Waals surface area contributed by atoms with Crippen molar-refractivity contribution in [3.05, 3.63) is 70.4 Å². The maximum atomic E-state index is 12.8. The second-order valence-corrected chi connectivity index (χ2v) is 10.9. The summed E-state index contributed by atoms with van der Waals surface area (Å²) in [6.45, 7) is 0.769. The Labute approximate surface area is 205 Å². The minimum absolute atomic E-state index is 0.146. The van der Waals surface area contributed by atoms with Crippen molar-refractivity contribution < 1.29 is 17.9 Å². The van der Waals surface area contributed by atoms with Crippen molar-refractivity contribution in [2.45, 2.75) is 24.5 Å². The van der Waals surface area contributed by atoms with Crippen molar-refractivity contribution in [1.29, 1.82) is 0 Å². The lowest BCUT2D eigenvalue weighted by Crippen LogP contribution is -2.41. The van der Waals surface area contributed by atoms with Gasteiger partial charge in [-0.2, -0.15) is 9.40 Å². The molecule has 1 saturated heterocycles. The average Bonchev–Trinajstić information content (AvgIpc) is 3.26. The predicted molar refractivity (Wildman–Crippen MR) is 129 cm³/mol. The quantitative estimate of drug-likeness (QED) is 0.469. The van der Waals surface area contributed by atoms with Crippen LogP contribution in [0.25, 0.3) is 0 Å². The molecule has 174 valence electrons. The number of nitrogens with one attached hydrogen (secondary N) is 1. The lowest BCUT2D eigenvalue weighted by Gasteiger charge is -2.30. The summed E-state index contributed by atoms with van der Waals surface area (Å²) in [7, 11) is -3.60. The molecule has 0 radical (unpaired) electrons. The molecule has 2 aromatic carbocycles. The van der Waals surface area contributed by atoms with E-state index in [0.717, 1.165) is 4.47 Å². The van der Waals surface area contributed by atoms with Crippen LogP contribution in [0.3, 0.4) is 0 Å². The first-order valence-electron chi connectivity index (χ1n) is 10.3. The number of nitrogens with zero attached hydrogens (tertiary/aromatic N) is 3. The fourth-order valence-corrected chi connectivity index (χ4v) is 5.39. The van der Waals surface area contributed by atoms with E-state index in [1.807, 2.05) is 24.3 Å². The molecule has 1 amide bonds. The van der Waals surface area contributed by atoms with Crippen LogP contribution in [0.4, 0.5) is 5.69 Å². The van der Waals surface area contributed by atoms with Gasteiger partial charge in [-0.3, -0.25) is 4.79 Å². The van der Waals surface area contributed by atoms with Gasteiger partial charge in [0.05, 0.1) is 23.0 Å². The van der Waals surface area contributed by atoms with Gasteiger partial charge in [0.2, 0.25) is 15.9 Å². The lowest BCUT2D eigenvalue weighted by atomic mass is 9.97. The van der Waals surface area contributed by atoms with Gasteiger partial charge < -0.3 is 10.1 Å². The first kappa shape index (κ1) is 23.7. The zero-order valence-electron chi connectivity index (χ0n) is 17.5. The van der Waals surface area contributed by atoms with Gasteiger partial charge in [-0.05, 0) is 61.4 Å². The van der Waals surface area contributed by atoms with Crippen molar-refractivity contribution in [1.82, 2.24) is 14.1 Å². The molecule has 0 aliphatic carbocycles. The summed E-state index contributed by atoms with van der Waals surface area (Å²) in [5.74, 6) is 0.288. The van der Waals surface area contributed by atoms with E-state index in [1.165, 1.54) is 16.4 Å². The molecule has 0 atom stereocenters. The standard InChI is InChI=1S/C22H22BrClN4O4S/c23-17-1-5-20(6-2-17)32-15-27-14-19(13-25-27)26-22(29)16-9-11-28(12-10-16)33(30,31)21-7-3-18(24)4-8-21/h1-8,13-14,16H,9-12,15H2,(H,26,29). The Balaban J connectivity index is 1.28. The molecule has 1 fully saturated rings. The van der Waals surface area contributed by atoms with Crippen LogP contribution < -0.4 is 10.1 Å². The number of sulfonamides is 1. The van der Waals surface area contributed by atoms with E-state index in [-0.39, 0.29) is 36.5 Å². The fourth-order valence-electron chi connectivity index (χ4n) is 3.53. The van der Waals surface area contributed by atoms with Gasteiger partial charge >= 0.3 is 0 Å². The minimum Gasteiger partial charge on any atom is -0.471 e. The summed E-state index contributed by atoms with van der Waals surface area (Å²) in [6.07, 6.45) is 4.14. The van der Waals surface area contributed by atoms with Gasteiger partial charge in [0.1, 0.15) is 5.75 Å². The molecule has 11 heteroatoms. The van der Waals surface area contributed by atoms with Crippen LogP contribution in [0.1, 0.15) is 12.8 Å². The number of hydrogen-bond donors (Lipinski definition) is 1. The zero-order valence-corrected chi connectivity index (χ0v) is 20.7. The van der Waals surface area contributed by atoms with E-state index in [2.05, 4.69) is 26.3 Å². The third kappa shape index (κ3) is 5.94. The number of carbonyl (C=O) groups excluding carboxylic acids is 1. The summed E-state index contributed by atoms with van der Waals surface area (Å²) in [5.41, 5.74) is 0.565. The van der Waals surface area contributed by atoms with Gasteiger partial charge in [0.25, 0.3) is 0 Å². The molecular formula is C22H22BrClN4O4S. The Kier molecular flexibility index (Phi) is 7.38. The highest BCUT2D eigenvalue weighted by Gasteiger charge is 2.32. The number of carbonyl (C=O) groups is 1. The molecule has 0 spiro atoms. The number of hydrogen-bond acceptors (Lipinski definition) is 5. The highest BCUT2D eigenvalue weighted by atomic mass is 79.9. The van der Waals surface area contributed by atoms with Crippen molar-refractivity contribution in [2.24, 2.45) is 5.92 Å². The fraction of sp³-hybridized carbons (Fsp3) is 0.273. The highest BCUT2D eigenvalue weighted by molar-refractivity contribution is 9.10.